The average Bonchev–Trinajstić information content (AvgIpc) is 3.40. The number of halogens is 1. The molecule has 0 spiro atoms. The Bertz CT molecular complexity index is 1150. The Hall–Kier alpha value is -3.49. The van der Waals surface area contributed by atoms with E-state index in [0.717, 1.165) is 17.4 Å². The third-order valence-electron chi connectivity index (χ3n) is 4.82. The van der Waals surface area contributed by atoms with Crippen molar-refractivity contribution in [3.8, 4) is 0 Å². The molecule has 4 aromatic rings. The van der Waals surface area contributed by atoms with E-state index in [-0.39, 0.29) is 11.7 Å². The van der Waals surface area contributed by atoms with Crippen molar-refractivity contribution in [3.63, 3.8) is 0 Å². The molecule has 0 aromatic carbocycles. The van der Waals surface area contributed by atoms with Crippen LogP contribution in [0.4, 0.5) is 4.48 Å². The second kappa shape index (κ2) is 5.76. The molecule has 0 fully saturated rings. The molecule has 0 saturated carbocycles. The van der Waals surface area contributed by atoms with Crippen molar-refractivity contribution >= 4 is 11.4 Å². The number of carbonyl (C=O) groups excluding carboxylic acids is 1. The maximum atomic E-state index is 14.1. The molecule has 5 rings (SSSR count). The monoisotopic (exact) mass is 366 g/mol. The Balaban J connectivity index is 1.66. The Kier molecular flexibility index (Phi) is 3.36. The van der Waals surface area contributed by atoms with Crippen LogP contribution in [0.1, 0.15) is 39.2 Å². The number of oxazole rings is 1. The van der Waals surface area contributed by atoms with Gasteiger partial charge in [-0.15, -0.1) is 0 Å². The molecule has 0 bridgehead atoms. The number of hydrogen-bond donors (Lipinski definition) is 0. The maximum absolute atomic E-state index is 14.1. The average molecular weight is 366 g/mol. The van der Waals surface area contributed by atoms with Crippen LogP contribution in [0.15, 0.2) is 47.7 Å². The lowest BCUT2D eigenvalue weighted by Crippen LogP contribution is -2.41. The molecule has 27 heavy (non-hydrogen) atoms. The molecule has 8 nitrogen and oxygen atoms in total. The van der Waals surface area contributed by atoms with Crippen LogP contribution in [0.2, 0.25) is 0 Å². The second-order valence-corrected chi connectivity index (χ2v) is 6.55. The molecule has 0 aliphatic carbocycles. The van der Waals surface area contributed by atoms with Crippen LogP contribution in [0.5, 0.6) is 0 Å². The minimum Gasteiger partial charge on any atom is -0.438 e. The second-order valence-electron chi connectivity index (χ2n) is 6.55. The van der Waals surface area contributed by atoms with Crippen LogP contribution in [-0.2, 0) is 6.42 Å². The van der Waals surface area contributed by atoms with E-state index in [9.17, 15) is 9.28 Å². The summed E-state index contributed by atoms with van der Waals surface area (Å²) in [6, 6.07) is 5.22. The molecule has 1 aliphatic heterocycles. The van der Waals surface area contributed by atoms with Crippen molar-refractivity contribution in [2.45, 2.75) is 19.4 Å². The first kappa shape index (κ1) is 15.7. The van der Waals surface area contributed by atoms with Crippen molar-refractivity contribution in [2.24, 2.45) is 0 Å². The summed E-state index contributed by atoms with van der Waals surface area (Å²) in [4.78, 5) is 23.1. The van der Waals surface area contributed by atoms with Gasteiger partial charge in [-0.1, -0.05) is 10.5 Å². The Morgan fingerprint density at radius 3 is 3.07 bits per heavy atom. The number of amides is 1. The van der Waals surface area contributed by atoms with E-state index < -0.39 is 6.04 Å². The number of pyridine rings is 1. The third-order valence-corrected chi connectivity index (χ3v) is 4.82. The van der Waals surface area contributed by atoms with Crippen LogP contribution in [0, 0.1) is 6.92 Å². The number of rotatable bonds is 2. The molecule has 0 radical (unpaired) electrons. The van der Waals surface area contributed by atoms with E-state index in [1.807, 2.05) is 31.3 Å². The van der Waals surface area contributed by atoms with Gasteiger partial charge in [0, 0.05) is 19.2 Å². The summed E-state index contributed by atoms with van der Waals surface area (Å²) < 4.78 is 21.0. The predicted octanol–water partition coefficient (Wildman–Crippen LogP) is 2.35. The molecule has 1 aliphatic rings. The number of hydrogen-bond acceptors (Lipinski definition) is 5. The highest BCUT2D eigenvalue weighted by atomic mass is 19.2. The predicted molar refractivity (Wildman–Crippen MR) is 91.7 cm³/mol. The number of carbonyl (C=O) groups is 1. The summed E-state index contributed by atoms with van der Waals surface area (Å²) >= 11 is 0. The third kappa shape index (κ3) is 2.42. The van der Waals surface area contributed by atoms with E-state index in [0.29, 0.717) is 34.8 Å². The zero-order valence-electron chi connectivity index (χ0n) is 14.4. The number of aryl methyl sites for hydroxylation is 1. The van der Waals surface area contributed by atoms with Crippen molar-refractivity contribution < 1.29 is 13.7 Å². The first-order chi connectivity index (χ1) is 13.1. The van der Waals surface area contributed by atoms with Crippen LogP contribution in [-0.4, -0.2) is 41.7 Å². The van der Waals surface area contributed by atoms with Gasteiger partial charge in [0.15, 0.2) is 6.39 Å². The van der Waals surface area contributed by atoms with Gasteiger partial charge in [-0.05, 0) is 24.6 Å². The molecular formula is C18H15FN6O2. The first-order valence-corrected chi connectivity index (χ1v) is 8.49. The lowest BCUT2D eigenvalue weighted by atomic mass is 9.99. The summed E-state index contributed by atoms with van der Waals surface area (Å²) in [5, 5.41) is 4.62. The van der Waals surface area contributed by atoms with Gasteiger partial charge in [0.25, 0.3) is 5.91 Å². The summed E-state index contributed by atoms with van der Waals surface area (Å²) in [5.74, 6) is -0.201. The summed E-state index contributed by atoms with van der Waals surface area (Å²) in [6.45, 7) is 2.30. The van der Waals surface area contributed by atoms with Gasteiger partial charge in [0.05, 0.1) is 28.8 Å². The Labute approximate surface area is 152 Å². The summed E-state index contributed by atoms with van der Waals surface area (Å²) in [5.41, 5.74) is 3.50. The summed E-state index contributed by atoms with van der Waals surface area (Å²) in [7, 11) is 0. The topological polar surface area (TPSA) is 81.5 Å². The molecule has 0 saturated heterocycles. The quantitative estimate of drug-likeness (QED) is 0.544. The van der Waals surface area contributed by atoms with Gasteiger partial charge < -0.3 is 9.32 Å². The fourth-order valence-electron chi connectivity index (χ4n) is 3.56. The van der Waals surface area contributed by atoms with E-state index in [2.05, 4.69) is 15.1 Å². The molecular weight excluding hydrogens is 351 g/mol. The lowest BCUT2D eigenvalue weighted by molar-refractivity contribution is 0.0650. The highest BCUT2D eigenvalue weighted by Crippen LogP contribution is 2.35. The first-order valence-electron chi connectivity index (χ1n) is 8.49. The molecule has 9 heteroatoms. The van der Waals surface area contributed by atoms with Crippen molar-refractivity contribution in [1.29, 1.82) is 0 Å². The van der Waals surface area contributed by atoms with Crippen LogP contribution >= 0.6 is 0 Å². The number of fused-ring (bicyclic) bond motifs is 2. The molecule has 0 unspecified atom stereocenters. The van der Waals surface area contributed by atoms with Crippen LogP contribution in [0.25, 0.3) is 5.52 Å². The molecule has 4 aromatic heterocycles. The highest BCUT2D eigenvalue weighted by Gasteiger charge is 2.38. The largest absolute Gasteiger partial charge is 0.438 e. The number of aromatic nitrogens is 5. The van der Waals surface area contributed by atoms with Crippen LogP contribution in [0.3, 0.4) is 0 Å². The van der Waals surface area contributed by atoms with Crippen molar-refractivity contribution in [1.82, 2.24) is 29.3 Å². The molecule has 0 N–H and O–H groups in total. The van der Waals surface area contributed by atoms with Gasteiger partial charge in [-0.25, -0.2) is 14.5 Å². The summed E-state index contributed by atoms with van der Waals surface area (Å²) in [6.07, 6.45) is 5.96. The highest BCUT2D eigenvalue weighted by molar-refractivity contribution is 5.91. The van der Waals surface area contributed by atoms with Gasteiger partial charge in [-0.2, -0.15) is 9.89 Å². The van der Waals surface area contributed by atoms with Gasteiger partial charge in [-0.3, -0.25) is 4.79 Å². The molecule has 136 valence electrons. The molecule has 1 amide bonds. The normalized spacial score (nSPS) is 16.7. The van der Waals surface area contributed by atoms with Gasteiger partial charge in [0.2, 0.25) is 5.76 Å². The number of nitrogens with zero attached hydrogens (tertiary/aromatic N) is 6. The Morgan fingerprint density at radius 1 is 1.37 bits per heavy atom. The van der Waals surface area contributed by atoms with Gasteiger partial charge >= 0.3 is 0 Å². The molecule has 5 heterocycles. The minimum absolute atomic E-state index is 0.128. The van der Waals surface area contributed by atoms with E-state index >= 15 is 0 Å². The fourth-order valence-corrected chi connectivity index (χ4v) is 3.56. The Morgan fingerprint density at radius 2 is 2.26 bits per heavy atom. The molecule has 1 atom stereocenters. The van der Waals surface area contributed by atoms with E-state index in [4.69, 9.17) is 4.42 Å². The van der Waals surface area contributed by atoms with Crippen molar-refractivity contribution in [3.05, 3.63) is 71.7 Å². The van der Waals surface area contributed by atoms with E-state index in [1.54, 1.807) is 9.42 Å². The smallest absolute Gasteiger partial charge is 0.292 e. The zero-order chi connectivity index (χ0) is 18.5. The van der Waals surface area contributed by atoms with Gasteiger partial charge in [0.1, 0.15) is 12.4 Å². The van der Waals surface area contributed by atoms with Crippen LogP contribution < -0.4 is 0 Å². The maximum Gasteiger partial charge on any atom is 0.292 e. The standard InChI is InChI=1S/C18H15FN6O2/c1-11-2-3-12-6-13(22-25(12)8-11)17-16-14(24(19)9-21-16)4-5-23(17)18(26)15-7-20-10-27-15/h2-3,6-10,17H,4-5H2,1H3/t17-/m0/s1. The minimum atomic E-state index is -0.608. The fraction of sp³-hybridized carbons (Fsp3) is 0.222. The number of imidazole rings is 1. The van der Waals surface area contributed by atoms with Crippen molar-refractivity contribution in [2.75, 3.05) is 6.54 Å². The van der Waals surface area contributed by atoms with E-state index in [1.165, 1.54) is 12.6 Å². The zero-order valence-corrected chi connectivity index (χ0v) is 14.4. The lowest BCUT2D eigenvalue weighted by Gasteiger charge is -2.33. The SMILES string of the molecule is Cc1ccc2cc([C@H]3c4ncn(F)c4CCN3C(=O)c3cnco3)nn2c1.